The molecule has 1 unspecified atom stereocenters. The minimum atomic E-state index is -4.59. The van der Waals surface area contributed by atoms with Crippen LogP contribution in [0, 0.1) is 0 Å². The largest absolute Gasteiger partial charge is 0.756 e. The van der Waals surface area contributed by atoms with Gasteiger partial charge in [0.2, 0.25) is 5.91 Å². The number of rotatable bonds is 38. The maximum absolute atomic E-state index is 12.8. The Kier molecular flexibility index (Phi) is 34.0. The molecule has 0 aromatic carbocycles. The summed E-state index contributed by atoms with van der Waals surface area (Å²) < 4.78 is 23.1. The summed E-state index contributed by atoms with van der Waals surface area (Å²) in [6, 6.07) is -0.912. The van der Waals surface area contributed by atoms with E-state index in [0.717, 1.165) is 32.1 Å². The van der Waals surface area contributed by atoms with E-state index < -0.39 is 26.6 Å². The van der Waals surface area contributed by atoms with Crippen molar-refractivity contribution in [2.24, 2.45) is 0 Å². The summed E-state index contributed by atoms with van der Waals surface area (Å²) in [6.45, 7) is 4.57. The molecule has 0 saturated heterocycles. The first-order valence-electron chi connectivity index (χ1n) is 21.2. The first-order chi connectivity index (χ1) is 24.5. The van der Waals surface area contributed by atoms with Gasteiger partial charge >= 0.3 is 0 Å². The van der Waals surface area contributed by atoms with Gasteiger partial charge in [-0.15, -0.1) is 0 Å². The fourth-order valence-corrected chi connectivity index (χ4v) is 6.76. The zero-order valence-corrected chi connectivity index (χ0v) is 35.0. The Morgan fingerprint density at radius 2 is 1.12 bits per heavy atom. The van der Waals surface area contributed by atoms with Crippen molar-refractivity contribution in [3.63, 3.8) is 0 Å². The Bertz CT molecular complexity index is 891. The number of nitrogens with zero attached hydrogens (tertiary/aromatic N) is 1. The van der Waals surface area contributed by atoms with E-state index in [1.165, 1.54) is 135 Å². The Labute approximate surface area is 315 Å². The second kappa shape index (κ2) is 34.7. The molecule has 3 atom stereocenters. The van der Waals surface area contributed by atoms with Crippen LogP contribution in [0.5, 0.6) is 0 Å². The van der Waals surface area contributed by atoms with Crippen molar-refractivity contribution < 1.29 is 32.9 Å². The number of unbranched alkanes of at least 4 members (excludes halogenated alkanes) is 24. The summed E-state index contributed by atoms with van der Waals surface area (Å²) in [4.78, 5) is 25.2. The Morgan fingerprint density at radius 1 is 0.686 bits per heavy atom. The van der Waals surface area contributed by atoms with Gasteiger partial charge in [0.05, 0.1) is 39.9 Å². The second-order valence-corrected chi connectivity index (χ2v) is 17.1. The van der Waals surface area contributed by atoms with Crippen molar-refractivity contribution in [1.29, 1.82) is 0 Å². The summed E-state index contributed by atoms with van der Waals surface area (Å²) in [5.41, 5.74) is 0. The van der Waals surface area contributed by atoms with Crippen LogP contribution in [0.2, 0.25) is 0 Å². The van der Waals surface area contributed by atoms with Gasteiger partial charge < -0.3 is 28.8 Å². The number of phosphoric ester groups is 1. The first-order valence-corrected chi connectivity index (χ1v) is 22.7. The standard InChI is InChI=1S/C42H83N2O6P/c1-6-8-10-12-14-16-17-18-19-20-21-22-23-24-25-26-28-30-32-34-36-42(46)43-40(39-50-51(47,48)49-38-37-44(3,4)5)41(45)35-33-31-29-27-15-13-11-9-7-2/h29,31,33,35,40-41,45H,6-28,30,32,34,36-39H2,1-5H3,(H-,43,46,47,48)/b31-29+,35-33+/t40-,41+/m0/s1. The fourth-order valence-electron chi connectivity index (χ4n) is 6.03. The number of likely N-dealkylation sites (N-methyl/N-ethyl adjacent to an activating group) is 1. The van der Waals surface area contributed by atoms with Gasteiger partial charge in [-0.2, -0.15) is 0 Å². The Hall–Kier alpha value is -1.02. The molecule has 0 heterocycles. The maximum Gasteiger partial charge on any atom is 0.268 e. The molecule has 0 radical (unpaired) electrons. The molecule has 0 spiro atoms. The maximum atomic E-state index is 12.8. The second-order valence-electron chi connectivity index (χ2n) is 15.7. The van der Waals surface area contributed by atoms with Gasteiger partial charge in [-0.25, -0.2) is 0 Å². The molecule has 9 heteroatoms. The molecule has 0 rings (SSSR count). The fraction of sp³-hybridized carbons (Fsp3) is 0.881. The number of nitrogens with one attached hydrogen (secondary N) is 1. The summed E-state index contributed by atoms with van der Waals surface area (Å²) in [6.07, 6.45) is 39.6. The van der Waals surface area contributed by atoms with E-state index in [-0.39, 0.29) is 12.5 Å². The molecule has 8 nitrogen and oxygen atoms in total. The number of hydrogen-bond acceptors (Lipinski definition) is 6. The smallest absolute Gasteiger partial charge is 0.268 e. The van der Waals surface area contributed by atoms with Crippen molar-refractivity contribution in [3.05, 3.63) is 24.3 Å². The molecule has 0 aliphatic rings. The van der Waals surface area contributed by atoms with Crippen LogP contribution < -0.4 is 10.2 Å². The van der Waals surface area contributed by atoms with Crippen molar-refractivity contribution in [2.75, 3.05) is 40.9 Å². The normalized spacial score (nSPS) is 14.7. The lowest BCUT2D eigenvalue weighted by molar-refractivity contribution is -0.870. The van der Waals surface area contributed by atoms with Gasteiger partial charge in [0.25, 0.3) is 7.82 Å². The molecule has 0 bridgehead atoms. The van der Waals surface area contributed by atoms with Crippen LogP contribution in [0.4, 0.5) is 0 Å². The summed E-state index contributed by atoms with van der Waals surface area (Å²) in [5.74, 6) is -0.215. The lowest BCUT2D eigenvalue weighted by Crippen LogP contribution is -2.45. The van der Waals surface area contributed by atoms with Crippen molar-refractivity contribution in [3.8, 4) is 0 Å². The van der Waals surface area contributed by atoms with E-state index in [0.29, 0.717) is 17.4 Å². The monoisotopic (exact) mass is 743 g/mol. The van der Waals surface area contributed by atoms with E-state index in [1.54, 1.807) is 12.2 Å². The van der Waals surface area contributed by atoms with Gasteiger partial charge in [-0.05, 0) is 19.3 Å². The number of phosphoric acid groups is 1. The van der Waals surface area contributed by atoms with Crippen LogP contribution in [0.3, 0.4) is 0 Å². The van der Waals surface area contributed by atoms with E-state index in [1.807, 2.05) is 27.2 Å². The summed E-state index contributed by atoms with van der Waals surface area (Å²) in [5, 5.41) is 13.6. The highest BCUT2D eigenvalue weighted by Gasteiger charge is 2.23. The highest BCUT2D eigenvalue weighted by Crippen LogP contribution is 2.38. The third-order valence-corrected chi connectivity index (χ3v) is 10.4. The zero-order chi connectivity index (χ0) is 37.9. The first kappa shape index (κ1) is 50.0. The highest BCUT2D eigenvalue weighted by molar-refractivity contribution is 7.45. The number of aliphatic hydroxyl groups is 1. The molecular formula is C42H83N2O6P. The van der Waals surface area contributed by atoms with Crippen molar-refractivity contribution >= 4 is 13.7 Å². The lowest BCUT2D eigenvalue weighted by Gasteiger charge is -2.29. The predicted octanol–water partition coefficient (Wildman–Crippen LogP) is 10.7. The van der Waals surface area contributed by atoms with Crippen molar-refractivity contribution in [1.82, 2.24) is 5.32 Å². The number of quaternary nitrogens is 1. The van der Waals surface area contributed by atoms with Crippen LogP contribution in [-0.4, -0.2) is 68.5 Å². The third kappa shape index (κ3) is 37.1. The van der Waals surface area contributed by atoms with Gasteiger partial charge in [0, 0.05) is 6.42 Å². The molecule has 0 aliphatic heterocycles. The number of amides is 1. The third-order valence-electron chi connectivity index (χ3n) is 9.47. The molecule has 2 N–H and O–H groups in total. The minimum absolute atomic E-state index is 0.00750. The van der Waals surface area contributed by atoms with Crippen molar-refractivity contribution in [2.45, 2.75) is 199 Å². The van der Waals surface area contributed by atoms with Gasteiger partial charge in [-0.3, -0.25) is 9.36 Å². The lowest BCUT2D eigenvalue weighted by atomic mass is 10.0. The quantitative estimate of drug-likeness (QED) is 0.0282. The number of allylic oxidation sites excluding steroid dienone is 3. The molecule has 0 aliphatic carbocycles. The molecule has 0 aromatic heterocycles. The molecule has 51 heavy (non-hydrogen) atoms. The highest BCUT2D eigenvalue weighted by atomic mass is 31.2. The molecule has 0 fully saturated rings. The average molecular weight is 743 g/mol. The number of carbonyl (C=O) groups excluding carboxylic acids is 1. The molecular weight excluding hydrogens is 659 g/mol. The SMILES string of the molecule is CCCCCCC/C=C/C=C/[C@@H](O)[C@H](COP(=O)([O-])OCC[N+](C)(C)C)NC(=O)CCCCCCCCCCCCCCCCCCCCCC. The van der Waals surface area contributed by atoms with Gasteiger partial charge in [-0.1, -0.05) is 186 Å². The molecule has 302 valence electrons. The Morgan fingerprint density at radius 3 is 1.57 bits per heavy atom. The number of hydrogen-bond donors (Lipinski definition) is 2. The molecule has 0 saturated carbocycles. The summed E-state index contributed by atoms with van der Waals surface area (Å²) in [7, 11) is 1.24. The zero-order valence-electron chi connectivity index (χ0n) is 34.1. The molecule has 1 amide bonds. The van der Waals surface area contributed by atoms with Crippen LogP contribution in [0.15, 0.2) is 24.3 Å². The van der Waals surface area contributed by atoms with Crippen LogP contribution >= 0.6 is 7.82 Å². The minimum Gasteiger partial charge on any atom is -0.756 e. The van der Waals surface area contributed by atoms with E-state index in [2.05, 4.69) is 25.2 Å². The summed E-state index contributed by atoms with van der Waals surface area (Å²) >= 11 is 0. The molecule has 0 aromatic rings. The van der Waals surface area contributed by atoms with E-state index in [9.17, 15) is 19.4 Å². The van der Waals surface area contributed by atoms with Crippen LogP contribution in [-0.2, 0) is 18.4 Å². The topological polar surface area (TPSA) is 108 Å². The average Bonchev–Trinajstić information content (AvgIpc) is 3.07. The van der Waals surface area contributed by atoms with Gasteiger partial charge in [0.15, 0.2) is 0 Å². The Balaban J connectivity index is 4.29. The van der Waals surface area contributed by atoms with Crippen LogP contribution in [0.25, 0.3) is 0 Å². The number of aliphatic hydroxyl groups excluding tert-OH is 1. The predicted molar refractivity (Wildman–Crippen MR) is 215 cm³/mol. The van der Waals surface area contributed by atoms with E-state index >= 15 is 0 Å². The van der Waals surface area contributed by atoms with Gasteiger partial charge in [0.1, 0.15) is 13.2 Å². The van der Waals surface area contributed by atoms with E-state index in [4.69, 9.17) is 9.05 Å². The van der Waals surface area contributed by atoms with Crippen LogP contribution in [0.1, 0.15) is 187 Å². The number of carbonyl (C=O) groups is 1.